The van der Waals surface area contributed by atoms with Crippen LogP contribution in [0.15, 0.2) is 0 Å². The van der Waals surface area contributed by atoms with Crippen LogP contribution in [0.5, 0.6) is 0 Å². The Kier molecular flexibility index (Phi) is 5.64. The fourth-order valence-corrected chi connectivity index (χ4v) is 3.26. The van der Waals surface area contributed by atoms with Gasteiger partial charge >= 0.3 is 0 Å². The zero-order chi connectivity index (χ0) is 11.3. The molecule has 2 nitrogen and oxygen atoms in total. The lowest BCUT2D eigenvalue weighted by atomic mass is 10.3. The summed E-state index contributed by atoms with van der Waals surface area (Å²) in [7, 11) is 0. The Morgan fingerprint density at radius 1 is 1.47 bits per heavy atom. The number of thiazole rings is 1. The monoisotopic (exact) mass is 244 g/mol. The highest BCUT2D eigenvalue weighted by molar-refractivity contribution is 7.99. The van der Waals surface area contributed by atoms with Crippen LogP contribution in [0.25, 0.3) is 0 Å². The van der Waals surface area contributed by atoms with Crippen LogP contribution in [0.3, 0.4) is 0 Å². The number of nitrogens with zero attached hydrogens (tertiary/aromatic N) is 1. The van der Waals surface area contributed by atoms with E-state index in [9.17, 15) is 0 Å². The molecule has 1 atom stereocenters. The molecule has 15 heavy (non-hydrogen) atoms. The van der Waals surface area contributed by atoms with E-state index in [4.69, 9.17) is 5.73 Å². The lowest BCUT2D eigenvalue weighted by Gasteiger charge is -2.05. The van der Waals surface area contributed by atoms with Crippen LogP contribution >= 0.6 is 23.1 Å². The molecule has 0 saturated heterocycles. The quantitative estimate of drug-likeness (QED) is 0.835. The maximum absolute atomic E-state index is 5.69. The van der Waals surface area contributed by atoms with Crippen molar-refractivity contribution in [2.24, 2.45) is 5.73 Å². The lowest BCUT2D eigenvalue weighted by Crippen LogP contribution is -1.97. The first-order valence-electron chi connectivity index (χ1n) is 5.50. The molecule has 0 aliphatic carbocycles. The maximum atomic E-state index is 5.69. The molecule has 0 radical (unpaired) electrons. The van der Waals surface area contributed by atoms with Crippen molar-refractivity contribution >= 4 is 23.1 Å². The lowest BCUT2D eigenvalue weighted by molar-refractivity contribution is 0.904. The highest BCUT2D eigenvalue weighted by Crippen LogP contribution is 2.25. The molecular formula is C11H20N2S2. The summed E-state index contributed by atoms with van der Waals surface area (Å²) in [6.07, 6.45) is 2.22. The van der Waals surface area contributed by atoms with E-state index < -0.39 is 0 Å². The molecule has 0 bridgehead atoms. The molecule has 1 heterocycles. The van der Waals surface area contributed by atoms with Gasteiger partial charge in [0.15, 0.2) is 0 Å². The van der Waals surface area contributed by atoms with Gasteiger partial charge in [-0.3, -0.25) is 0 Å². The van der Waals surface area contributed by atoms with Gasteiger partial charge < -0.3 is 5.73 Å². The van der Waals surface area contributed by atoms with Crippen LogP contribution in [0.1, 0.15) is 42.8 Å². The SMILES string of the molecule is CCc1nc(CSC(C)CC)sc1CN. The van der Waals surface area contributed by atoms with Gasteiger partial charge in [0.25, 0.3) is 0 Å². The van der Waals surface area contributed by atoms with E-state index in [1.807, 2.05) is 11.8 Å². The Labute approximate surface area is 101 Å². The normalized spacial score (nSPS) is 13.1. The van der Waals surface area contributed by atoms with E-state index >= 15 is 0 Å². The number of nitrogens with two attached hydrogens (primary N) is 1. The predicted octanol–water partition coefficient (Wildman–Crippen LogP) is 3.20. The topological polar surface area (TPSA) is 38.9 Å². The van der Waals surface area contributed by atoms with Gasteiger partial charge in [-0.05, 0) is 12.8 Å². The summed E-state index contributed by atoms with van der Waals surface area (Å²) in [6.45, 7) is 7.26. The number of rotatable bonds is 6. The van der Waals surface area contributed by atoms with Crippen LogP contribution in [0.2, 0.25) is 0 Å². The molecule has 0 saturated carbocycles. The maximum Gasteiger partial charge on any atom is 0.103 e. The van der Waals surface area contributed by atoms with Crippen LogP contribution in [-0.4, -0.2) is 10.2 Å². The van der Waals surface area contributed by atoms with Crippen molar-refractivity contribution < 1.29 is 0 Å². The zero-order valence-electron chi connectivity index (χ0n) is 9.75. The van der Waals surface area contributed by atoms with Crippen molar-refractivity contribution in [3.63, 3.8) is 0 Å². The van der Waals surface area contributed by atoms with Crippen molar-refractivity contribution in [3.05, 3.63) is 15.6 Å². The zero-order valence-corrected chi connectivity index (χ0v) is 11.4. The van der Waals surface area contributed by atoms with Crippen LogP contribution in [-0.2, 0) is 18.7 Å². The minimum Gasteiger partial charge on any atom is -0.326 e. The molecule has 1 rings (SSSR count). The second-order valence-corrected chi connectivity index (χ2v) is 6.16. The number of hydrogen-bond donors (Lipinski definition) is 1. The van der Waals surface area contributed by atoms with Crippen molar-refractivity contribution in [2.45, 2.75) is 51.2 Å². The third kappa shape index (κ3) is 3.78. The fraction of sp³-hybridized carbons (Fsp3) is 0.727. The van der Waals surface area contributed by atoms with Gasteiger partial charge in [-0.15, -0.1) is 11.3 Å². The molecule has 0 fully saturated rings. The van der Waals surface area contributed by atoms with Crippen molar-refractivity contribution in [3.8, 4) is 0 Å². The Morgan fingerprint density at radius 2 is 2.20 bits per heavy atom. The number of aromatic nitrogens is 1. The third-order valence-electron chi connectivity index (χ3n) is 2.41. The Bertz CT molecular complexity index is 275. The Morgan fingerprint density at radius 3 is 2.67 bits per heavy atom. The van der Waals surface area contributed by atoms with Gasteiger partial charge in [0.05, 0.1) is 5.69 Å². The molecule has 4 heteroatoms. The van der Waals surface area contributed by atoms with Crippen molar-refractivity contribution in [2.75, 3.05) is 0 Å². The second-order valence-electron chi connectivity index (χ2n) is 3.57. The van der Waals surface area contributed by atoms with Crippen molar-refractivity contribution in [1.29, 1.82) is 0 Å². The smallest absolute Gasteiger partial charge is 0.103 e. The molecule has 0 aliphatic rings. The largest absolute Gasteiger partial charge is 0.326 e. The molecule has 1 unspecified atom stereocenters. The van der Waals surface area contributed by atoms with Gasteiger partial charge in [-0.1, -0.05) is 20.8 Å². The van der Waals surface area contributed by atoms with Gasteiger partial charge in [-0.2, -0.15) is 11.8 Å². The molecule has 1 aromatic heterocycles. The number of hydrogen-bond acceptors (Lipinski definition) is 4. The number of aryl methyl sites for hydroxylation is 1. The van der Waals surface area contributed by atoms with E-state index in [1.54, 1.807) is 11.3 Å². The molecule has 0 aromatic carbocycles. The van der Waals surface area contributed by atoms with Gasteiger partial charge in [0.1, 0.15) is 5.01 Å². The minimum absolute atomic E-state index is 0.634. The van der Waals surface area contributed by atoms with Gasteiger partial charge in [-0.25, -0.2) is 4.98 Å². The van der Waals surface area contributed by atoms with E-state index in [2.05, 4.69) is 25.8 Å². The van der Waals surface area contributed by atoms with Gasteiger partial charge in [0, 0.05) is 22.4 Å². The summed E-state index contributed by atoms with van der Waals surface area (Å²) in [5.74, 6) is 1.03. The van der Waals surface area contributed by atoms with E-state index in [0.29, 0.717) is 6.54 Å². The number of thioether (sulfide) groups is 1. The molecule has 86 valence electrons. The molecule has 1 aromatic rings. The summed E-state index contributed by atoms with van der Waals surface area (Å²) in [5, 5.41) is 1.96. The summed E-state index contributed by atoms with van der Waals surface area (Å²) in [6, 6.07) is 0. The summed E-state index contributed by atoms with van der Waals surface area (Å²) < 4.78 is 0. The van der Waals surface area contributed by atoms with Gasteiger partial charge in [0.2, 0.25) is 0 Å². The van der Waals surface area contributed by atoms with Crippen molar-refractivity contribution in [1.82, 2.24) is 4.98 Å². The highest BCUT2D eigenvalue weighted by Gasteiger charge is 2.09. The fourth-order valence-electron chi connectivity index (χ4n) is 1.27. The average Bonchev–Trinajstić information content (AvgIpc) is 2.68. The first-order chi connectivity index (χ1) is 7.21. The van der Waals surface area contributed by atoms with Crippen LogP contribution < -0.4 is 5.73 Å². The predicted molar refractivity (Wildman–Crippen MR) is 70.4 cm³/mol. The van der Waals surface area contributed by atoms with E-state index in [0.717, 1.165) is 17.4 Å². The first-order valence-corrected chi connectivity index (χ1v) is 7.36. The minimum atomic E-state index is 0.634. The molecule has 0 spiro atoms. The molecule has 2 N–H and O–H groups in total. The summed E-state index contributed by atoms with van der Waals surface area (Å²) >= 11 is 3.76. The Hall–Kier alpha value is -0.0600. The standard InChI is InChI=1S/C11H20N2S2/c1-4-8(3)14-7-11-13-9(5-2)10(6-12)15-11/h8H,4-7,12H2,1-3H3. The van der Waals surface area contributed by atoms with Crippen LogP contribution in [0, 0.1) is 0 Å². The second kappa shape index (κ2) is 6.51. The molecule has 0 aliphatic heterocycles. The summed E-state index contributed by atoms with van der Waals surface area (Å²) in [4.78, 5) is 5.88. The molecule has 0 amide bonds. The Balaban J connectivity index is 2.58. The van der Waals surface area contributed by atoms with E-state index in [-0.39, 0.29) is 0 Å². The first kappa shape index (κ1) is 13.0. The van der Waals surface area contributed by atoms with Crippen LogP contribution in [0.4, 0.5) is 0 Å². The van der Waals surface area contributed by atoms with E-state index in [1.165, 1.54) is 22.0 Å². The highest BCUT2D eigenvalue weighted by atomic mass is 32.2. The summed E-state index contributed by atoms with van der Waals surface area (Å²) in [5.41, 5.74) is 6.88. The molecular weight excluding hydrogens is 224 g/mol. The third-order valence-corrected chi connectivity index (χ3v) is 5.05. The average molecular weight is 244 g/mol.